The van der Waals surface area contributed by atoms with Gasteiger partial charge in [-0.05, 0) is 103 Å². The molecule has 222 valence electrons. The maximum absolute atomic E-state index is 12.5. The SMILES string of the molecule is CC(C)[C@@H](OC(=O)N(C)C)C1C[C@@H](C)[C@H]2C(O1)[C@H](O)[C@@]1(C)C3CC[C@H]4C(C)(C)C(O)CCC45CC35CCC21C. The van der Waals surface area contributed by atoms with E-state index < -0.39 is 6.10 Å². The van der Waals surface area contributed by atoms with Crippen LogP contribution in [0.3, 0.4) is 0 Å². The van der Waals surface area contributed by atoms with Gasteiger partial charge in [-0.2, -0.15) is 0 Å². The highest BCUT2D eigenvalue weighted by Crippen LogP contribution is 2.89. The van der Waals surface area contributed by atoms with Crippen molar-refractivity contribution in [1.29, 1.82) is 0 Å². The zero-order chi connectivity index (χ0) is 28.5. The molecular weight excluding hydrogens is 490 g/mol. The molecule has 6 heteroatoms. The van der Waals surface area contributed by atoms with Crippen molar-refractivity contribution in [2.45, 2.75) is 130 Å². The number of nitrogens with zero attached hydrogens (tertiary/aromatic N) is 1. The number of fused-ring (bicyclic) bond motifs is 4. The number of amides is 1. The van der Waals surface area contributed by atoms with Crippen LogP contribution in [0.2, 0.25) is 0 Å². The molecule has 6 fully saturated rings. The lowest BCUT2D eigenvalue weighted by Crippen LogP contribution is -2.59. The smallest absolute Gasteiger partial charge is 0.409 e. The molecule has 6 nitrogen and oxygen atoms in total. The maximum Gasteiger partial charge on any atom is 0.409 e. The van der Waals surface area contributed by atoms with Crippen molar-refractivity contribution in [2.24, 2.45) is 56.7 Å². The number of rotatable bonds is 3. The summed E-state index contributed by atoms with van der Waals surface area (Å²) in [4.78, 5) is 14.0. The van der Waals surface area contributed by atoms with Crippen LogP contribution in [-0.2, 0) is 9.47 Å². The molecule has 13 atom stereocenters. The van der Waals surface area contributed by atoms with E-state index in [0.29, 0.717) is 34.5 Å². The Hall–Kier alpha value is -0.850. The molecular formula is C33H55NO5. The van der Waals surface area contributed by atoms with E-state index in [0.717, 1.165) is 32.1 Å². The number of carbonyl (C=O) groups excluding carboxylic acids is 1. The van der Waals surface area contributed by atoms with E-state index in [1.165, 1.54) is 24.2 Å². The van der Waals surface area contributed by atoms with Gasteiger partial charge in [-0.15, -0.1) is 0 Å². The molecule has 39 heavy (non-hydrogen) atoms. The van der Waals surface area contributed by atoms with Crippen LogP contribution in [0.15, 0.2) is 0 Å². The first kappa shape index (κ1) is 28.3. The Bertz CT molecular complexity index is 1010. The van der Waals surface area contributed by atoms with Crippen molar-refractivity contribution in [3.8, 4) is 0 Å². The molecule has 6 rings (SSSR count). The standard InChI is InChI=1S/C33H55NO5/c1-18(2)25(39-28(37)34(8)9)20-16-19(3)24-26(38-20)27(36)31(7)22-11-10-21-29(4,5)23(35)12-13-32(21)17-33(22,32)15-14-30(24,31)6/h18-27,35-36H,10-17H2,1-9H3/t19-,20?,21+,22?,23?,24+,25-,26?,27+,30?,31-,32?,33?/m1/s1. The predicted octanol–water partition coefficient (Wildman–Crippen LogP) is 5.88. The Morgan fingerprint density at radius 2 is 1.62 bits per heavy atom. The molecule has 1 heterocycles. The van der Waals surface area contributed by atoms with Crippen molar-refractivity contribution in [3.05, 3.63) is 0 Å². The minimum Gasteiger partial charge on any atom is -0.443 e. The Labute approximate surface area is 236 Å². The van der Waals surface area contributed by atoms with Crippen LogP contribution in [0, 0.1) is 56.7 Å². The van der Waals surface area contributed by atoms with Crippen molar-refractivity contribution in [1.82, 2.24) is 4.90 Å². The number of aliphatic hydroxyl groups excluding tert-OH is 2. The molecule has 0 aromatic heterocycles. The highest BCUT2D eigenvalue weighted by Gasteiger charge is 2.84. The summed E-state index contributed by atoms with van der Waals surface area (Å²) in [5.74, 6) is 1.90. The first-order chi connectivity index (χ1) is 18.1. The fraction of sp³-hybridized carbons (Fsp3) is 0.970. The summed E-state index contributed by atoms with van der Waals surface area (Å²) in [6.07, 6.45) is 7.13. The summed E-state index contributed by atoms with van der Waals surface area (Å²) < 4.78 is 12.9. The fourth-order valence-corrected chi connectivity index (χ4v) is 12.4. The van der Waals surface area contributed by atoms with Crippen LogP contribution in [0.1, 0.15) is 99.8 Å². The first-order valence-electron chi connectivity index (χ1n) is 16.0. The van der Waals surface area contributed by atoms with Crippen molar-refractivity contribution < 1.29 is 24.5 Å². The van der Waals surface area contributed by atoms with Crippen LogP contribution >= 0.6 is 0 Å². The van der Waals surface area contributed by atoms with Gasteiger partial charge < -0.3 is 24.6 Å². The molecule has 0 aromatic rings. The number of ether oxygens (including phenoxy) is 2. The van der Waals surface area contributed by atoms with Gasteiger partial charge in [0.2, 0.25) is 0 Å². The van der Waals surface area contributed by atoms with Gasteiger partial charge in [0.15, 0.2) is 0 Å². The average Bonchev–Trinajstić information content (AvgIpc) is 3.49. The lowest BCUT2D eigenvalue weighted by atomic mass is 9.41. The van der Waals surface area contributed by atoms with Crippen LogP contribution in [0.5, 0.6) is 0 Å². The number of hydrogen-bond acceptors (Lipinski definition) is 5. The Morgan fingerprint density at radius 3 is 2.26 bits per heavy atom. The molecule has 5 saturated carbocycles. The van der Waals surface area contributed by atoms with E-state index in [-0.39, 0.29) is 52.7 Å². The Balaban J connectivity index is 1.32. The van der Waals surface area contributed by atoms with E-state index in [1.807, 2.05) is 0 Å². The average molecular weight is 546 g/mol. The molecule has 0 aromatic carbocycles. The highest BCUT2D eigenvalue weighted by atomic mass is 16.6. The van der Waals surface area contributed by atoms with Crippen LogP contribution < -0.4 is 0 Å². The molecule has 0 radical (unpaired) electrons. The van der Waals surface area contributed by atoms with Crippen LogP contribution in [0.25, 0.3) is 0 Å². The van der Waals surface area contributed by atoms with Gasteiger partial charge in [-0.3, -0.25) is 0 Å². The minimum atomic E-state index is -0.520. The number of aliphatic hydroxyl groups is 2. The van der Waals surface area contributed by atoms with Gasteiger partial charge >= 0.3 is 6.09 Å². The van der Waals surface area contributed by atoms with Gasteiger partial charge in [0, 0.05) is 19.5 Å². The van der Waals surface area contributed by atoms with E-state index in [4.69, 9.17) is 9.47 Å². The normalized spacial score (nSPS) is 53.9. The van der Waals surface area contributed by atoms with Gasteiger partial charge in [0.25, 0.3) is 0 Å². The summed E-state index contributed by atoms with van der Waals surface area (Å²) in [6, 6.07) is 0. The summed E-state index contributed by atoms with van der Waals surface area (Å²) >= 11 is 0. The van der Waals surface area contributed by atoms with Gasteiger partial charge in [-0.25, -0.2) is 4.79 Å². The molecule has 7 unspecified atom stereocenters. The van der Waals surface area contributed by atoms with E-state index in [1.54, 1.807) is 14.1 Å². The fourth-order valence-electron chi connectivity index (χ4n) is 12.4. The molecule has 0 bridgehead atoms. The monoisotopic (exact) mass is 545 g/mol. The highest BCUT2D eigenvalue weighted by molar-refractivity contribution is 5.67. The van der Waals surface area contributed by atoms with Crippen molar-refractivity contribution >= 4 is 6.09 Å². The van der Waals surface area contributed by atoms with Gasteiger partial charge in [0.1, 0.15) is 6.10 Å². The Kier molecular flexibility index (Phi) is 6.23. The molecule has 2 N–H and O–H groups in total. The third kappa shape index (κ3) is 3.34. The number of carbonyl (C=O) groups is 1. The molecule has 5 aliphatic carbocycles. The number of hydrogen-bond donors (Lipinski definition) is 2. The summed E-state index contributed by atoms with van der Waals surface area (Å²) in [6.45, 7) is 16.1. The van der Waals surface area contributed by atoms with E-state index in [9.17, 15) is 15.0 Å². The molecule has 1 amide bonds. The molecule has 1 saturated heterocycles. The molecule has 6 aliphatic rings. The zero-order valence-electron chi connectivity index (χ0n) is 26.0. The van der Waals surface area contributed by atoms with Gasteiger partial charge in [0.05, 0.1) is 24.4 Å². The molecule has 2 spiro atoms. The molecule has 1 aliphatic heterocycles. The maximum atomic E-state index is 12.5. The predicted molar refractivity (Wildman–Crippen MR) is 151 cm³/mol. The summed E-state index contributed by atoms with van der Waals surface area (Å²) in [5, 5.41) is 23.4. The minimum absolute atomic E-state index is 0.0192. The summed E-state index contributed by atoms with van der Waals surface area (Å²) in [5.41, 5.74) is 0.434. The summed E-state index contributed by atoms with van der Waals surface area (Å²) in [7, 11) is 3.44. The second kappa shape index (κ2) is 8.60. The lowest BCUT2D eigenvalue weighted by molar-refractivity contribution is -0.185. The second-order valence-electron chi connectivity index (χ2n) is 16.6. The zero-order valence-corrected chi connectivity index (χ0v) is 26.0. The van der Waals surface area contributed by atoms with Crippen LogP contribution in [-0.4, -0.2) is 65.8 Å². The quantitative estimate of drug-likeness (QED) is 0.463. The van der Waals surface area contributed by atoms with Gasteiger partial charge in [-0.1, -0.05) is 48.5 Å². The third-order valence-electron chi connectivity index (χ3n) is 14.4. The first-order valence-corrected chi connectivity index (χ1v) is 16.0. The van der Waals surface area contributed by atoms with E-state index >= 15 is 0 Å². The largest absolute Gasteiger partial charge is 0.443 e. The third-order valence-corrected chi connectivity index (χ3v) is 14.4. The lowest BCUT2D eigenvalue weighted by Gasteiger charge is -2.63. The van der Waals surface area contributed by atoms with Crippen molar-refractivity contribution in [3.63, 3.8) is 0 Å². The Morgan fingerprint density at radius 1 is 0.974 bits per heavy atom. The topological polar surface area (TPSA) is 79.2 Å². The van der Waals surface area contributed by atoms with Crippen molar-refractivity contribution in [2.75, 3.05) is 14.1 Å². The second-order valence-corrected chi connectivity index (χ2v) is 16.6. The van der Waals surface area contributed by atoms with E-state index in [2.05, 4.69) is 48.5 Å². The van der Waals surface area contributed by atoms with Crippen LogP contribution in [0.4, 0.5) is 4.79 Å².